The molecule has 0 aromatic rings. The SMILES string of the molecule is CCC(Cl)/C=C\C/C=C(/Cl)NC/C(=N\NC)C(=O)NC1CCN(CCOC)CC1. The van der Waals surface area contributed by atoms with Crippen molar-refractivity contribution in [3.63, 3.8) is 0 Å². The van der Waals surface area contributed by atoms with E-state index in [1.54, 1.807) is 14.2 Å². The third kappa shape index (κ3) is 11.5. The highest BCUT2D eigenvalue weighted by molar-refractivity contribution is 6.40. The van der Waals surface area contributed by atoms with Crippen molar-refractivity contribution in [3.8, 4) is 0 Å². The molecule has 0 saturated carbocycles. The van der Waals surface area contributed by atoms with E-state index in [0.29, 0.717) is 17.3 Å². The summed E-state index contributed by atoms with van der Waals surface area (Å²) in [6.07, 6.45) is 9.15. The minimum Gasteiger partial charge on any atom is -0.383 e. The minimum absolute atomic E-state index is 0.0417. The largest absolute Gasteiger partial charge is 0.383 e. The first-order chi connectivity index (χ1) is 14.0. The highest BCUT2D eigenvalue weighted by atomic mass is 35.5. The summed E-state index contributed by atoms with van der Waals surface area (Å²) in [5, 5.41) is 10.7. The molecule has 1 aliphatic rings. The molecular formula is C20H35Cl2N5O2. The second kappa shape index (κ2) is 15.5. The lowest BCUT2D eigenvalue weighted by molar-refractivity contribution is -0.115. The Hall–Kier alpha value is -1.28. The third-order valence-electron chi connectivity index (χ3n) is 4.64. The van der Waals surface area contributed by atoms with Gasteiger partial charge in [-0.15, -0.1) is 11.6 Å². The number of piperidine rings is 1. The Bertz CT molecular complexity index is 561. The lowest BCUT2D eigenvalue weighted by atomic mass is 10.0. The molecule has 3 N–H and O–H groups in total. The molecule has 0 radical (unpaired) electrons. The van der Waals surface area contributed by atoms with Gasteiger partial charge in [-0.2, -0.15) is 5.10 Å². The summed E-state index contributed by atoms with van der Waals surface area (Å²) >= 11 is 12.2. The number of ether oxygens (including phenoxy) is 1. The number of halogens is 2. The van der Waals surface area contributed by atoms with E-state index in [0.717, 1.165) is 45.5 Å². The molecule has 0 spiro atoms. The number of nitrogens with one attached hydrogen (secondary N) is 3. The predicted octanol–water partition coefficient (Wildman–Crippen LogP) is 2.42. The van der Waals surface area contributed by atoms with Crippen LogP contribution in [0.5, 0.6) is 0 Å². The van der Waals surface area contributed by atoms with E-state index >= 15 is 0 Å². The van der Waals surface area contributed by atoms with E-state index in [1.165, 1.54) is 0 Å². The van der Waals surface area contributed by atoms with Gasteiger partial charge in [-0.3, -0.25) is 4.79 Å². The van der Waals surface area contributed by atoms with Crippen LogP contribution in [0.4, 0.5) is 0 Å². The average Bonchev–Trinajstić information content (AvgIpc) is 2.73. The van der Waals surface area contributed by atoms with Gasteiger partial charge < -0.3 is 25.7 Å². The molecule has 0 aromatic heterocycles. The molecule has 166 valence electrons. The highest BCUT2D eigenvalue weighted by Gasteiger charge is 2.22. The van der Waals surface area contributed by atoms with Crippen molar-refractivity contribution in [2.75, 3.05) is 46.9 Å². The number of nitrogens with zero attached hydrogens (tertiary/aromatic N) is 2. The molecule has 1 aliphatic heterocycles. The van der Waals surface area contributed by atoms with Crippen LogP contribution in [0, 0.1) is 0 Å². The predicted molar refractivity (Wildman–Crippen MR) is 122 cm³/mol. The summed E-state index contributed by atoms with van der Waals surface area (Å²) in [4.78, 5) is 14.9. The summed E-state index contributed by atoms with van der Waals surface area (Å²) in [5.41, 5.74) is 3.05. The number of hydrazone groups is 1. The number of rotatable bonds is 13. The molecule has 1 fully saturated rings. The smallest absolute Gasteiger partial charge is 0.269 e. The van der Waals surface area contributed by atoms with Crippen molar-refractivity contribution in [2.45, 2.75) is 44.0 Å². The molecule has 9 heteroatoms. The molecule has 1 atom stereocenters. The van der Waals surface area contributed by atoms with Crippen molar-refractivity contribution in [1.29, 1.82) is 0 Å². The summed E-state index contributed by atoms with van der Waals surface area (Å²) in [5.74, 6) is -0.181. The van der Waals surface area contributed by atoms with Crippen molar-refractivity contribution < 1.29 is 9.53 Å². The maximum atomic E-state index is 12.6. The van der Waals surface area contributed by atoms with Gasteiger partial charge in [-0.05, 0) is 31.8 Å². The zero-order valence-corrected chi connectivity index (χ0v) is 19.2. The molecule has 1 heterocycles. The first kappa shape index (κ1) is 25.8. The van der Waals surface area contributed by atoms with Crippen molar-refractivity contribution >= 4 is 34.8 Å². The summed E-state index contributed by atoms with van der Waals surface area (Å²) in [6.45, 7) is 5.84. The third-order valence-corrected chi connectivity index (χ3v) is 5.38. The van der Waals surface area contributed by atoms with Crippen molar-refractivity contribution in [1.82, 2.24) is 21.0 Å². The molecule has 0 aliphatic carbocycles. The molecule has 1 rings (SSSR count). The lowest BCUT2D eigenvalue weighted by Crippen LogP contribution is -2.48. The molecule has 1 amide bonds. The second-order valence-corrected chi connectivity index (χ2v) is 7.83. The van der Waals surface area contributed by atoms with Crippen LogP contribution in [0.15, 0.2) is 28.5 Å². The van der Waals surface area contributed by atoms with Crippen LogP contribution < -0.4 is 16.1 Å². The Labute approximate surface area is 184 Å². The van der Waals surface area contributed by atoms with Gasteiger partial charge in [0.05, 0.1) is 23.7 Å². The van der Waals surface area contributed by atoms with Gasteiger partial charge >= 0.3 is 0 Å². The first-order valence-electron chi connectivity index (χ1n) is 10.2. The number of likely N-dealkylation sites (tertiary alicyclic amines) is 1. The van der Waals surface area contributed by atoms with E-state index in [-0.39, 0.29) is 23.9 Å². The van der Waals surface area contributed by atoms with Gasteiger partial charge in [0, 0.05) is 39.8 Å². The molecule has 29 heavy (non-hydrogen) atoms. The van der Waals surface area contributed by atoms with Gasteiger partial charge in [0.1, 0.15) is 5.71 Å². The molecule has 7 nitrogen and oxygen atoms in total. The monoisotopic (exact) mass is 447 g/mol. The first-order valence-corrected chi connectivity index (χ1v) is 11.0. The number of amides is 1. The number of alkyl halides is 1. The number of carbonyl (C=O) groups excluding carboxylic acids is 1. The fraction of sp³-hybridized carbons (Fsp3) is 0.700. The maximum absolute atomic E-state index is 12.6. The van der Waals surface area contributed by atoms with E-state index in [4.69, 9.17) is 27.9 Å². The average molecular weight is 448 g/mol. The summed E-state index contributed by atoms with van der Waals surface area (Å²) in [7, 11) is 3.38. The fourth-order valence-electron chi connectivity index (χ4n) is 2.87. The Morgan fingerprint density at radius 3 is 2.72 bits per heavy atom. The van der Waals surface area contributed by atoms with Crippen molar-refractivity contribution in [3.05, 3.63) is 23.4 Å². The van der Waals surface area contributed by atoms with Crippen LogP contribution >= 0.6 is 23.2 Å². The summed E-state index contributed by atoms with van der Waals surface area (Å²) < 4.78 is 5.12. The van der Waals surface area contributed by atoms with E-state index in [9.17, 15) is 4.79 Å². The molecule has 0 bridgehead atoms. The molecular weight excluding hydrogens is 413 g/mol. The molecule has 0 aromatic carbocycles. The van der Waals surface area contributed by atoms with Gasteiger partial charge in [0.25, 0.3) is 5.91 Å². The van der Waals surface area contributed by atoms with Crippen molar-refractivity contribution in [2.24, 2.45) is 5.10 Å². The highest BCUT2D eigenvalue weighted by Crippen LogP contribution is 2.10. The topological polar surface area (TPSA) is 78.0 Å². The number of hydrogen-bond donors (Lipinski definition) is 3. The minimum atomic E-state index is -0.181. The molecule has 1 unspecified atom stereocenters. The van der Waals surface area contributed by atoms with Crippen LogP contribution in [0.2, 0.25) is 0 Å². The fourth-order valence-corrected chi connectivity index (χ4v) is 3.13. The maximum Gasteiger partial charge on any atom is 0.269 e. The van der Waals surface area contributed by atoms with Crippen LogP contribution in [-0.4, -0.2) is 74.9 Å². The Morgan fingerprint density at radius 1 is 1.38 bits per heavy atom. The number of hydrogen-bond acceptors (Lipinski definition) is 6. The van der Waals surface area contributed by atoms with Crippen LogP contribution in [0.25, 0.3) is 0 Å². The van der Waals surface area contributed by atoms with Crippen LogP contribution in [0.1, 0.15) is 32.6 Å². The van der Waals surface area contributed by atoms with E-state index in [2.05, 4.69) is 26.1 Å². The van der Waals surface area contributed by atoms with Crippen LogP contribution in [0.3, 0.4) is 0 Å². The zero-order valence-electron chi connectivity index (χ0n) is 17.7. The Kier molecular flexibility index (Phi) is 13.8. The Balaban J connectivity index is 2.43. The number of carbonyl (C=O) groups is 1. The normalized spacial score (nSPS) is 18.1. The number of allylic oxidation sites excluding steroid dienone is 3. The van der Waals surface area contributed by atoms with E-state index < -0.39 is 0 Å². The van der Waals surface area contributed by atoms with Gasteiger partial charge in [-0.1, -0.05) is 30.7 Å². The molecule has 1 saturated heterocycles. The number of methoxy groups -OCH3 is 1. The quantitative estimate of drug-likeness (QED) is 0.133. The van der Waals surface area contributed by atoms with Gasteiger partial charge in [-0.25, -0.2) is 0 Å². The van der Waals surface area contributed by atoms with Crippen LogP contribution in [-0.2, 0) is 9.53 Å². The zero-order chi connectivity index (χ0) is 21.5. The lowest BCUT2D eigenvalue weighted by Gasteiger charge is -2.32. The van der Waals surface area contributed by atoms with E-state index in [1.807, 2.05) is 25.2 Å². The second-order valence-electron chi connectivity index (χ2n) is 6.86. The standard InChI is InChI=1S/C20H35Cl2N5O2/c1-4-16(21)7-5-6-8-19(22)24-15-18(26-23-2)20(28)25-17-9-11-27(12-10-17)13-14-29-3/h5,7-8,16-17,23-24H,4,6,9-15H2,1-3H3,(H,25,28)/b7-5-,19-8-,26-18+. The van der Waals surface area contributed by atoms with Gasteiger partial charge in [0.15, 0.2) is 0 Å². The van der Waals surface area contributed by atoms with Gasteiger partial charge in [0.2, 0.25) is 0 Å². The Morgan fingerprint density at radius 2 is 2.10 bits per heavy atom. The summed E-state index contributed by atoms with van der Waals surface area (Å²) in [6, 6.07) is 0.154.